The van der Waals surface area contributed by atoms with Crippen LogP contribution >= 0.6 is 0 Å². The van der Waals surface area contributed by atoms with Gasteiger partial charge in [0.15, 0.2) is 6.04 Å². The Hall–Kier alpha value is -0.510. The van der Waals surface area contributed by atoms with Crippen molar-refractivity contribution in [1.82, 2.24) is 4.72 Å². The minimum absolute atomic E-state index is 0.957. The van der Waals surface area contributed by atoms with Gasteiger partial charge in [0.1, 0.15) is 10.8 Å². The van der Waals surface area contributed by atoms with E-state index in [1.54, 1.807) is 4.72 Å². The van der Waals surface area contributed by atoms with Gasteiger partial charge in [0.05, 0.1) is 0 Å². The fraction of sp³-hybridized carbons (Fsp3) is 0.875. The summed E-state index contributed by atoms with van der Waals surface area (Å²) < 4.78 is 49.9. The molecular weight excluding hydrogens is 261 g/mol. The zero-order chi connectivity index (χ0) is 14.0. The molecule has 0 aliphatic heterocycles. The van der Waals surface area contributed by atoms with Gasteiger partial charge in [-0.2, -0.15) is 13.2 Å². The molecule has 2 unspecified atom stereocenters. The third kappa shape index (κ3) is 5.11. The maximum absolute atomic E-state index is 12.5. The Morgan fingerprint density at radius 2 is 1.82 bits per heavy atom. The molecule has 0 aromatic rings. The largest absolute Gasteiger partial charge is 0.598 e. The molecule has 0 radical (unpaired) electrons. The summed E-state index contributed by atoms with van der Waals surface area (Å²) in [6, 6.07) is -4.76. The number of rotatable bonds is 4. The quantitative estimate of drug-likeness (QED) is 0.645. The minimum atomic E-state index is -4.89. The van der Waals surface area contributed by atoms with E-state index in [2.05, 4.69) is 0 Å². The predicted molar refractivity (Wildman–Crippen MR) is 56.5 cm³/mol. The van der Waals surface area contributed by atoms with E-state index in [9.17, 15) is 22.5 Å². The summed E-state index contributed by atoms with van der Waals surface area (Å²) in [7, 11) is 0. The maximum Gasteiger partial charge on any atom is 0.410 e. The average molecular weight is 276 g/mol. The van der Waals surface area contributed by atoms with E-state index in [1.807, 2.05) is 0 Å². The zero-order valence-corrected chi connectivity index (χ0v) is 10.4. The first-order valence-corrected chi connectivity index (χ1v) is 5.75. The Bertz CT molecular complexity index is 280. The summed E-state index contributed by atoms with van der Waals surface area (Å²) in [6.45, 7) is 4.36. The predicted octanol–water partition coefficient (Wildman–Crippen LogP) is 0.381. The van der Waals surface area contributed by atoms with Crippen LogP contribution in [0.4, 0.5) is 13.2 Å². The first-order chi connectivity index (χ1) is 7.37. The molecule has 5 nitrogen and oxygen atoms in total. The molecule has 3 atom stereocenters. The van der Waals surface area contributed by atoms with Crippen molar-refractivity contribution in [2.45, 2.75) is 43.8 Å². The summed E-state index contributed by atoms with van der Waals surface area (Å²) in [5, 5.41) is 8.47. The van der Waals surface area contributed by atoms with Crippen molar-refractivity contribution in [3.8, 4) is 0 Å². The lowest BCUT2D eigenvalue weighted by Crippen LogP contribution is -2.61. The van der Waals surface area contributed by atoms with Crippen molar-refractivity contribution in [2.24, 2.45) is 5.73 Å². The molecule has 4 N–H and O–H groups in total. The van der Waals surface area contributed by atoms with E-state index in [4.69, 9.17) is 10.8 Å². The number of nitrogens with one attached hydrogen (secondary N) is 1. The van der Waals surface area contributed by atoms with Crippen LogP contribution in [-0.2, 0) is 16.2 Å². The molecule has 102 valence electrons. The number of aliphatic carboxylic acids is 1. The highest BCUT2D eigenvalue weighted by atomic mass is 32.2. The van der Waals surface area contributed by atoms with E-state index in [1.165, 1.54) is 20.8 Å². The average Bonchev–Trinajstić information content (AvgIpc) is 2.08. The van der Waals surface area contributed by atoms with Gasteiger partial charge >= 0.3 is 12.1 Å². The number of carbonyl (C=O) groups is 1. The van der Waals surface area contributed by atoms with Crippen LogP contribution in [0.15, 0.2) is 0 Å². The highest BCUT2D eigenvalue weighted by Gasteiger charge is 2.50. The van der Waals surface area contributed by atoms with Crippen molar-refractivity contribution in [2.75, 3.05) is 0 Å². The Morgan fingerprint density at radius 1 is 1.41 bits per heavy atom. The molecule has 0 aromatic carbocycles. The first kappa shape index (κ1) is 16.5. The molecule has 0 heterocycles. The van der Waals surface area contributed by atoms with Crippen LogP contribution in [0.2, 0.25) is 0 Å². The molecule has 0 rings (SSSR count). The number of nitrogens with two attached hydrogens (primary N) is 1. The molecule has 0 saturated carbocycles. The second-order valence-corrected chi connectivity index (χ2v) is 6.38. The van der Waals surface area contributed by atoms with Gasteiger partial charge in [0.2, 0.25) is 0 Å². The van der Waals surface area contributed by atoms with Crippen molar-refractivity contribution in [1.29, 1.82) is 0 Å². The number of alkyl halides is 3. The summed E-state index contributed by atoms with van der Waals surface area (Å²) >= 11 is -2.06. The highest BCUT2D eigenvalue weighted by Crippen LogP contribution is 2.25. The monoisotopic (exact) mass is 276 g/mol. The third-order valence-corrected chi connectivity index (χ3v) is 3.37. The van der Waals surface area contributed by atoms with Crippen LogP contribution in [0.1, 0.15) is 20.8 Å². The standard InChI is InChI=1S/C8H15F3N2O3S/c1-7(2,3)17(16)13-5(8(9,10)11)4(12)6(14)15/h4-5,13H,12H2,1-3H3,(H,14,15)/t4?,5?,17-/m0/s1. The van der Waals surface area contributed by atoms with Gasteiger partial charge in [0, 0.05) is 11.4 Å². The Labute approximate surface area is 99.9 Å². The van der Waals surface area contributed by atoms with Crippen LogP contribution < -0.4 is 10.5 Å². The van der Waals surface area contributed by atoms with Crippen molar-refractivity contribution >= 4 is 17.3 Å². The molecule has 0 fully saturated rings. The number of carboxylic acids is 1. The van der Waals surface area contributed by atoms with Gasteiger partial charge in [-0.25, -0.2) is 0 Å². The molecular formula is C8H15F3N2O3S. The van der Waals surface area contributed by atoms with Gasteiger partial charge in [-0.1, -0.05) is 0 Å². The molecule has 17 heavy (non-hydrogen) atoms. The molecule has 0 aromatic heterocycles. The van der Waals surface area contributed by atoms with Crippen LogP contribution in [-0.4, -0.2) is 38.6 Å². The van der Waals surface area contributed by atoms with Crippen LogP contribution in [0.5, 0.6) is 0 Å². The smallest absolute Gasteiger partial charge is 0.410 e. The summed E-state index contributed by atoms with van der Waals surface area (Å²) in [6.07, 6.45) is -4.89. The number of halogens is 3. The zero-order valence-electron chi connectivity index (χ0n) is 9.54. The second kappa shape index (κ2) is 5.42. The third-order valence-electron chi connectivity index (χ3n) is 1.79. The van der Waals surface area contributed by atoms with E-state index < -0.39 is 40.3 Å². The highest BCUT2D eigenvalue weighted by molar-refractivity contribution is 7.90. The van der Waals surface area contributed by atoms with E-state index in [-0.39, 0.29) is 0 Å². The van der Waals surface area contributed by atoms with Gasteiger partial charge < -0.3 is 15.4 Å². The SMILES string of the molecule is CC(C)(C)[S@+]([O-])NC(C(N)C(=O)O)C(F)(F)F. The molecule has 0 amide bonds. The van der Waals surface area contributed by atoms with Gasteiger partial charge in [-0.15, -0.1) is 4.72 Å². The normalized spacial score (nSPS) is 18.6. The van der Waals surface area contributed by atoms with Crippen LogP contribution in [0.25, 0.3) is 0 Å². The molecule has 9 heteroatoms. The first-order valence-electron chi connectivity index (χ1n) is 4.60. The van der Waals surface area contributed by atoms with Gasteiger partial charge in [0.25, 0.3) is 0 Å². The number of hydrogen-bond acceptors (Lipinski definition) is 4. The van der Waals surface area contributed by atoms with Crippen molar-refractivity contribution in [3.63, 3.8) is 0 Å². The fourth-order valence-corrected chi connectivity index (χ4v) is 1.64. The number of hydrogen-bond donors (Lipinski definition) is 3. The maximum atomic E-state index is 12.5. The summed E-state index contributed by atoms with van der Waals surface area (Å²) in [5.41, 5.74) is 4.92. The minimum Gasteiger partial charge on any atom is -0.598 e. The molecule has 0 saturated heterocycles. The summed E-state index contributed by atoms with van der Waals surface area (Å²) in [4.78, 5) is 10.5. The van der Waals surface area contributed by atoms with E-state index in [0.29, 0.717) is 0 Å². The lowest BCUT2D eigenvalue weighted by Gasteiger charge is -2.30. The Morgan fingerprint density at radius 3 is 2.06 bits per heavy atom. The molecule has 0 spiro atoms. The topological polar surface area (TPSA) is 98.4 Å². The van der Waals surface area contributed by atoms with Crippen molar-refractivity contribution < 1.29 is 27.6 Å². The lowest BCUT2D eigenvalue weighted by atomic mass is 10.1. The van der Waals surface area contributed by atoms with Crippen molar-refractivity contribution in [3.05, 3.63) is 0 Å². The summed E-state index contributed by atoms with van der Waals surface area (Å²) in [5.74, 6) is -1.81. The van der Waals surface area contributed by atoms with Gasteiger partial charge in [-0.3, -0.25) is 4.79 Å². The van der Waals surface area contributed by atoms with Gasteiger partial charge in [-0.05, 0) is 20.8 Å². The number of carboxylic acid groups (broad SMARTS) is 1. The van der Waals surface area contributed by atoms with E-state index in [0.717, 1.165) is 0 Å². The lowest BCUT2D eigenvalue weighted by molar-refractivity contribution is -0.167. The fourth-order valence-electron chi connectivity index (χ4n) is 0.778. The van der Waals surface area contributed by atoms with Crippen LogP contribution in [0.3, 0.4) is 0 Å². The molecule has 0 aliphatic carbocycles. The van der Waals surface area contributed by atoms with E-state index >= 15 is 0 Å². The second-order valence-electron chi connectivity index (χ2n) is 4.38. The molecule has 0 aliphatic rings. The Kier molecular flexibility index (Phi) is 5.26. The van der Waals surface area contributed by atoms with Crippen LogP contribution in [0, 0.1) is 0 Å². The molecule has 0 bridgehead atoms. The Balaban J connectivity index is 4.92.